The molecule has 10 heteroatoms. The first kappa shape index (κ1) is 20.6. The van der Waals surface area contributed by atoms with Crippen LogP contribution >= 0.6 is 11.8 Å². The Hall–Kier alpha value is -3.66. The van der Waals surface area contributed by atoms with Crippen LogP contribution in [0.5, 0.6) is 11.5 Å². The summed E-state index contributed by atoms with van der Waals surface area (Å²) in [5.74, 6) is 1.76. The average molecular weight is 438 g/mol. The third-order valence-corrected chi connectivity index (χ3v) is 5.83. The molecule has 3 N–H and O–H groups in total. The number of anilines is 1. The van der Waals surface area contributed by atoms with Gasteiger partial charge < -0.3 is 19.8 Å². The van der Waals surface area contributed by atoms with Gasteiger partial charge in [-0.3, -0.25) is 0 Å². The van der Waals surface area contributed by atoms with Crippen molar-refractivity contribution < 1.29 is 14.7 Å². The highest BCUT2D eigenvalue weighted by Gasteiger charge is 2.18. The molecule has 2 aromatic heterocycles. The zero-order chi connectivity index (χ0) is 21.8. The fourth-order valence-corrected chi connectivity index (χ4v) is 4.20. The molecule has 0 saturated heterocycles. The van der Waals surface area contributed by atoms with Crippen LogP contribution in [0.4, 0.5) is 11.5 Å². The predicted molar refractivity (Wildman–Crippen MR) is 118 cm³/mol. The number of rotatable bonds is 8. The summed E-state index contributed by atoms with van der Waals surface area (Å²) in [6, 6.07) is 12.9. The van der Waals surface area contributed by atoms with Crippen molar-refractivity contribution in [2.45, 2.75) is 23.0 Å². The number of nitrogens with two attached hydrogens (primary N) is 1. The Morgan fingerprint density at radius 1 is 1.10 bits per heavy atom. The molecule has 0 radical (unpaired) electrons. The van der Waals surface area contributed by atoms with Crippen molar-refractivity contribution in [2.75, 3.05) is 20.0 Å². The highest BCUT2D eigenvalue weighted by atomic mass is 32.2. The van der Waals surface area contributed by atoms with E-state index in [1.807, 2.05) is 40.1 Å². The Kier molecular flexibility index (Phi) is 5.99. The number of ether oxygens (including phenoxy) is 2. The van der Waals surface area contributed by atoms with Gasteiger partial charge >= 0.3 is 0 Å². The average Bonchev–Trinajstić information content (AvgIpc) is 3.16. The van der Waals surface area contributed by atoms with Gasteiger partial charge in [-0.1, -0.05) is 12.1 Å². The van der Waals surface area contributed by atoms with Gasteiger partial charge in [-0.15, -0.1) is 0 Å². The quantitative estimate of drug-likeness (QED) is 0.431. The summed E-state index contributed by atoms with van der Waals surface area (Å²) in [4.78, 5) is 24.8. The van der Waals surface area contributed by atoms with Gasteiger partial charge in [0, 0.05) is 28.8 Å². The molecule has 4 rings (SSSR count). The number of methoxy groups -OCH3 is 2. The van der Waals surface area contributed by atoms with E-state index in [2.05, 4.69) is 9.97 Å². The van der Waals surface area contributed by atoms with Crippen molar-refractivity contribution in [2.24, 2.45) is 0 Å². The first-order valence-electron chi connectivity index (χ1n) is 9.46. The van der Waals surface area contributed by atoms with Crippen LogP contribution in [-0.2, 0) is 13.0 Å². The molecule has 158 valence electrons. The predicted octanol–water partition coefficient (Wildman–Crippen LogP) is 2.30. The van der Waals surface area contributed by atoms with Crippen LogP contribution in [0, 0.1) is 4.91 Å². The second-order valence-corrected chi connectivity index (χ2v) is 7.65. The van der Waals surface area contributed by atoms with E-state index < -0.39 is 0 Å². The smallest absolute Gasteiger partial charge is 0.253 e. The fraction of sp³-hybridized carbons (Fsp3) is 0.190. The molecule has 0 aliphatic rings. The minimum Gasteiger partial charge on any atom is -0.497 e. The minimum absolute atomic E-state index is 0.328. The highest BCUT2D eigenvalue weighted by molar-refractivity contribution is 7.99. The summed E-state index contributed by atoms with van der Waals surface area (Å²) < 4.78 is 12.9. The summed E-state index contributed by atoms with van der Waals surface area (Å²) in [6.45, 7) is 0.617. The van der Waals surface area contributed by atoms with Crippen LogP contribution in [0.1, 0.15) is 5.56 Å². The van der Waals surface area contributed by atoms with E-state index in [1.165, 1.54) is 18.1 Å². The molecule has 0 atom stereocenters. The van der Waals surface area contributed by atoms with E-state index in [-0.39, 0.29) is 0 Å². The Labute approximate surface area is 182 Å². The Balaban J connectivity index is 1.71. The van der Waals surface area contributed by atoms with Crippen molar-refractivity contribution in [1.29, 1.82) is 0 Å². The number of nitrogen functional groups attached to an aromatic ring is 1. The van der Waals surface area contributed by atoms with Crippen LogP contribution in [0.2, 0.25) is 0 Å². The molecule has 0 bridgehead atoms. The number of nitroso groups, excluding NO2 is 1. The minimum atomic E-state index is 0.328. The van der Waals surface area contributed by atoms with Gasteiger partial charge in [0.15, 0.2) is 22.1 Å². The van der Waals surface area contributed by atoms with Gasteiger partial charge in [0.05, 0.1) is 19.1 Å². The molecule has 4 aromatic rings. The fourth-order valence-electron chi connectivity index (χ4n) is 3.16. The van der Waals surface area contributed by atoms with Crippen molar-refractivity contribution in [3.63, 3.8) is 0 Å². The van der Waals surface area contributed by atoms with E-state index in [9.17, 15) is 4.91 Å². The Morgan fingerprint density at radius 2 is 1.90 bits per heavy atom. The lowest BCUT2D eigenvalue weighted by molar-refractivity contribution is -0.379. The number of imidazole rings is 1. The molecule has 0 aliphatic heterocycles. The molecule has 0 saturated carbocycles. The Morgan fingerprint density at radius 3 is 2.61 bits per heavy atom. The largest absolute Gasteiger partial charge is 0.497 e. The van der Waals surface area contributed by atoms with Crippen molar-refractivity contribution in [3.8, 4) is 11.5 Å². The molecule has 0 unspecified atom stereocenters. The molecule has 31 heavy (non-hydrogen) atoms. The number of fused-ring (bicyclic) bond motifs is 1. The summed E-state index contributed by atoms with van der Waals surface area (Å²) in [6.07, 6.45) is 2.16. The number of nitrogens with zero attached hydrogens (tertiary/aromatic N) is 4. The molecule has 9 nitrogen and oxygen atoms in total. The van der Waals surface area contributed by atoms with E-state index in [0.29, 0.717) is 40.1 Å². The second-order valence-electron chi connectivity index (χ2n) is 6.64. The molecule has 0 spiro atoms. The molecular weight excluding hydrogens is 416 g/mol. The maximum atomic E-state index is 10.8. The van der Waals surface area contributed by atoms with Crippen molar-refractivity contribution >= 4 is 34.4 Å². The lowest BCUT2D eigenvalue weighted by Gasteiger charge is -2.11. The molecular formula is C21H21N6O3S+. The number of aromatic nitrogens is 4. The molecule has 2 heterocycles. The first-order valence-corrected chi connectivity index (χ1v) is 10.3. The number of hydrogen-bond acceptors (Lipinski definition) is 8. The van der Waals surface area contributed by atoms with Crippen LogP contribution < -0.4 is 20.4 Å². The first-order chi connectivity index (χ1) is 15.1. The second kappa shape index (κ2) is 9.00. The third-order valence-electron chi connectivity index (χ3n) is 4.79. The zero-order valence-electron chi connectivity index (χ0n) is 17.0. The summed E-state index contributed by atoms with van der Waals surface area (Å²) >= 11 is 1.44. The van der Waals surface area contributed by atoms with Crippen LogP contribution in [0.15, 0.2) is 58.8 Å². The number of nitrogens with one attached hydrogen (secondary N) is 1. The van der Waals surface area contributed by atoms with Gasteiger partial charge in [0.25, 0.3) is 5.69 Å². The monoisotopic (exact) mass is 437 g/mol. The normalized spacial score (nSPS) is 10.9. The summed E-state index contributed by atoms with van der Waals surface area (Å²) in [7, 11) is 3.24. The van der Waals surface area contributed by atoms with Gasteiger partial charge in [-0.05, 0) is 41.9 Å². The van der Waals surface area contributed by atoms with E-state index in [0.717, 1.165) is 22.6 Å². The lowest BCUT2D eigenvalue weighted by atomic mass is 10.1. The van der Waals surface area contributed by atoms with Gasteiger partial charge in [0.1, 0.15) is 17.8 Å². The van der Waals surface area contributed by atoms with E-state index in [1.54, 1.807) is 26.4 Å². The SMILES string of the molecule is COc1ccc(OC)c(Sc2nc3c(N)ncnc3n2CCc2ccc([NH+]=O)cc2)c1. The van der Waals surface area contributed by atoms with Gasteiger partial charge in [-0.2, -0.15) is 0 Å². The number of aryl methyl sites for hydroxylation is 2. The maximum Gasteiger partial charge on any atom is 0.253 e. The van der Waals surface area contributed by atoms with Crippen molar-refractivity contribution in [3.05, 3.63) is 59.3 Å². The number of benzene rings is 2. The van der Waals surface area contributed by atoms with Crippen LogP contribution in [-0.4, -0.2) is 33.7 Å². The standard InChI is InChI=1S/C21H20N6O3S/c1-29-15-7-8-16(30-2)17(11-15)31-21-25-18-19(22)23-12-24-20(18)27(21)10-9-13-3-5-14(26-28)6-4-13/h3-8,11-12H,9-10H2,1-2H3,(H2,22,23,24)/p+1. The Bertz CT molecular complexity index is 1230. The van der Waals surface area contributed by atoms with E-state index >= 15 is 0 Å². The molecule has 0 aliphatic carbocycles. The third kappa shape index (κ3) is 4.29. The zero-order valence-corrected chi connectivity index (χ0v) is 17.8. The van der Waals surface area contributed by atoms with Crippen LogP contribution in [0.25, 0.3) is 11.2 Å². The number of hydrogen-bond donors (Lipinski definition) is 2. The van der Waals surface area contributed by atoms with E-state index in [4.69, 9.17) is 20.2 Å². The molecule has 0 amide bonds. The van der Waals surface area contributed by atoms with Crippen LogP contribution in [0.3, 0.4) is 0 Å². The topological polar surface area (TPSA) is 119 Å². The molecule has 0 fully saturated rings. The maximum absolute atomic E-state index is 10.8. The summed E-state index contributed by atoms with van der Waals surface area (Å²) in [5, 5.41) is 2.60. The van der Waals surface area contributed by atoms with Gasteiger partial charge in [0.2, 0.25) is 0 Å². The highest BCUT2D eigenvalue weighted by Crippen LogP contribution is 2.38. The molecule has 2 aromatic carbocycles. The summed E-state index contributed by atoms with van der Waals surface area (Å²) in [5.41, 5.74) is 8.88. The van der Waals surface area contributed by atoms with Crippen molar-refractivity contribution in [1.82, 2.24) is 19.5 Å². The van der Waals surface area contributed by atoms with Gasteiger partial charge in [-0.25, -0.2) is 15.0 Å². The lowest BCUT2D eigenvalue weighted by Crippen LogP contribution is -2.55.